The number of hydrogen-bond donors (Lipinski definition) is 1. The first-order chi connectivity index (χ1) is 8.70. The molecule has 18 heavy (non-hydrogen) atoms. The van der Waals surface area contributed by atoms with Gasteiger partial charge in [0.15, 0.2) is 0 Å². The molecule has 0 fully saturated rings. The van der Waals surface area contributed by atoms with E-state index in [1.54, 1.807) is 13.4 Å². The highest BCUT2D eigenvalue weighted by Gasteiger charge is 2.09. The summed E-state index contributed by atoms with van der Waals surface area (Å²) < 4.78 is 10.7. The van der Waals surface area contributed by atoms with Crippen molar-refractivity contribution in [1.29, 1.82) is 0 Å². The molecule has 0 aliphatic carbocycles. The van der Waals surface area contributed by atoms with Gasteiger partial charge >= 0.3 is 0 Å². The maximum atomic E-state index is 5.53. The van der Waals surface area contributed by atoms with Gasteiger partial charge in [-0.1, -0.05) is 26.0 Å². The van der Waals surface area contributed by atoms with Gasteiger partial charge in [-0.05, 0) is 23.8 Å². The van der Waals surface area contributed by atoms with Gasteiger partial charge in [0.2, 0.25) is 0 Å². The molecule has 1 N–H and O–H groups in total. The summed E-state index contributed by atoms with van der Waals surface area (Å²) in [5.41, 5.74) is 2.27. The Bertz CT molecular complexity index is 485. The molecule has 0 amide bonds. The zero-order valence-corrected chi connectivity index (χ0v) is 11.1. The normalized spacial score (nSPS) is 10.9. The molecule has 0 aliphatic rings. The van der Waals surface area contributed by atoms with Crippen LogP contribution in [0.2, 0.25) is 0 Å². The second-order valence-electron chi connectivity index (χ2n) is 4.52. The molecular formula is C15H19NO2. The largest absolute Gasteiger partial charge is 0.497 e. The van der Waals surface area contributed by atoms with Gasteiger partial charge in [0.05, 0.1) is 19.9 Å². The Morgan fingerprint density at radius 1 is 1.17 bits per heavy atom. The highest BCUT2D eigenvalue weighted by atomic mass is 16.5. The van der Waals surface area contributed by atoms with Gasteiger partial charge in [-0.2, -0.15) is 0 Å². The molecule has 1 heterocycles. The summed E-state index contributed by atoms with van der Waals surface area (Å²) in [6.45, 7) is 4.98. The Morgan fingerprint density at radius 2 is 1.89 bits per heavy atom. The molecular weight excluding hydrogens is 226 g/mol. The van der Waals surface area contributed by atoms with Crippen molar-refractivity contribution in [3.63, 3.8) is 0 Å². The zero-order chi connectivity index (χ0) is 13.0. The van der Waals surface area contributed by atoms with Crippen molar-refractivity contribution in [2.75, 3.05) is 7.11 Å². The number of methoxy groups -OCH3 is 1. The van der Waals surface area contributed by atoms with Crippen molar-refractivity contribution in [3.8, 4) is 16.9 Å². The summed E-state index contributed by atoms with van der Waals surface area (Å²) in [4.78, 5) is 0. The molecule has 3 heteroatoms. The quantitative estimate of drug-likeness (QED) is 0.876. The maximum Gasteiger partial charge on any atom is 0.125 e. The van der Waals surface area contributed by atoms with Gasteiger partial charge in [0.1, 0.15) is 11.5 Å². The van der Waals surface area contributed by atoms with Crippen molar-refractivity contribution in [1.82, 2.24) is 5.32 Å². The third-order valence-corrected chi connectivity index (χ3v) is 2.82. The van der Waals surface area contributed by atoms with Crippen LogP contribution in [0.3, 0.4) is 0 Å². The molecule has 0 saturated carbocycles. The monoisotopic (exact) mass is 245 g/mol. The summed E-state index contributed by atoms with van der Waals surface area (Å²) in [6, 6.07) is 10.5. The molecule has 2 aromatic rings. The molecule has 2 rings (SSSR count). The number of nitrogens with one attached hydrogen (secondary N) is 1. The van der Waals surface area contributed by atoms with E-state index in [9.17, 15) is 0 Å². The Morgan fingerprint density at radius 3 is 2.50 bits per heavy atom. The number of ether oxygens (including phenoxy) is 1. The highest BCUT2D eigenvalue weighted by molar-refractivity contribution is 5.66. The third kappa shape index (κ3) is 2.93. The van der Waals surface area contributed by atoms with Crippen LogP contribution < -0.4 is 10.1 Å². The third-order valence-electron chi connectivity index (χ3n) is 2.82. The lowest BCUT2D eigenvalue weighted by Gasteiger charge is -2.08. The van der Waals surface area contributed by atoms with Crippen LogP contribution in [0.5, 0.6) is 5.75 Å². The predicted octanol–water partition coefficient (Wildman–Crippen LogP) is 3.45. The summed E-state index contributed by atoms with van der Waals surface area (Å²) in [5, 5.41) is 3.36. The molecule has 96 valence electrons. The van der Waals surface area contributed by atoms with E-state index in [4.69, 9.17) is 9.15 Å². The molecule has 0 aliphatic heterocycles. The minimum Gasteiger partial charge on any atom is -0.497 e. The first kappa shape index (κ1) is 12.7. The Kier molecular flexibility index (Phi) is 4.05. The second-order valence-corrected chi connectivity index (χ2v) is 4.52. The van der Waals surface area contributed by atoms with Crippen molar-refractivity contribution in [2.24, 2.45) is 0 Å². The smallest absolute Gasteiger partial charge is 0.125 e. The van der Waals surface area contributed by atoms with Crippen LogP contribution in [-0.2, 0) is 6.54 Å². The topological polar surface area (TPSA) is 34.4 Å². The van der Waals surface area contributed by atoms with Crippen LogP contribution >= 0.6 is 0 Å². The van der Waals surface area contributed by atoms with Crippen LogP contribution in [-0.4, -0.2) is 13.2 Å². The first-order valence-electron chi connectivity index (χ1n) is 6.15. The van der Waals surface area contributed by atoms with Gasteiger partial charge in [-0.15, -0.1) is 0 Å². The number of benzene rings is 1. The number of furan rings is 1. The van der Waals surface area contributed by atoms with E-state index in [2.05, 4.69) is 19.2 Å². The van der Waals surface area contributed by atoms with E-state index in [1.807, 2.05) is 30.3 Å². The highest BCUT2D eigenvalue weighted by Crippen LogP contribution is 2.26. The average Bonchev–Trinajstić information content (AvgIpc) is 2.85. The minimum absolute atomic E-state index is 0.443. The first-order valence-corrected chi connectivity index (χ1v) is 6.15. The molecule has 0 radical (unpaired) electrons. The number of rotatable bonds is 5. The van der Waals surface area contributed by atoms with Crippen LogP contribution in [0.4, 0.5) is 0 Å². The lowest BCUT2D eigenvalue weighted by atomic mass is 10.1. The van der Waals surface area contributed by atoms with Crippen molar-refractivity contribution in [2.45, 2.75) is 26.4 Å². The molecule has 3 nitrogen and oxygen atoms in total. The second kappa shape index (κ2) is 5.74. The van der Waals surface area contributed by atoms with Gasteiger partial charge in [-0.3, -0.25) is 0 Å². The summed E-state index contributed by atoms with van der Waals surface area (Å²) in [6.07, 6.45) is 1.73. The summed E-state index contributed by atoms with van der Waals surface area (Å²) in [5.74, 6) is 1.83. The Balaban J connectivity index is 2.19. The van der Waals surface area contributed by atoms with E-state index in [0.29, 0.717) is 6.04 Å². The standard InChI is InChI=1S/C15H19NO2/c1-11(2)16-10-15-14(8-9-18-15)12-4-6-13(17-3)7-5-12/h4-9,11,16H,10H2,1-3H3. The molecule has 1 aromatic heterocycles. The zero-order valence-electron chi connectivity index (χ0n) is 11.1. The van der Waals surface area contributed by atoms with Crippen molar-refractivity contribution >= 4 is 0 Å². The molecule has 0 bridgehead atoms. The Hall–Kier alpha value is -1.74. The van der Waals surface area contributed by atoms with Crippen LogP contribution in [0.1, 0.15) is 19.6 Å². The van der Waals surface area contributed by atoms with Crippen LogP contribution in [0.25, 0.3) is 11.1 Å². The number of hydrogen-bond acceptors (Lipinski definition) is 3. The maximum absolute atomic E-state index is 5.53. The predicted molar refractivity (Wildman–Crippen MR) is 72.7 cm³/mol. The molecule has 0 unspecified atom stereocenters. The fraction of sp³-hybridized carbons (Fsp3) is 0.333. The van der Waals surface area contributed by atoms with E-state index in [0.717, 1.165) is 29.2 Å². The Labute approximate surface area is 108 Å². The molecule has 0 atom stereocenters. The fourth-order valence-corrected chi connectivity index (χ4v) is 1.80. The van der Waals surface area contributed by atoms with Gasteiger partial charge in [-0.25, -0.2) is 0 Å². The summed E-state index contributed by atoms with van der Waals surface area (Å²) >= 11 is 0. The van der Waals surface area contributed by atoms with Crippen molar-refractivity contribution < 1.29 is 9.15 Å². The molecule has 0 spiro atoms. The van der Waals surface area contributed by atoms with E-state index < -0.39 is 0 Å². The van der Waals surface area contributed by atoms with Gasteiger partial charge in [0, 0.05) is 11.6 Å². The van der Waals surface area contributed by atoms with Crippen LogP contribution in [0, 0.1) is 0 Å². The molecule has 0 saturated heterocycles. The summed E-state index contributed by atoms with van der Waals surface area (Å²) in [7, 11) is 1.67. The SMILES string of the molecule is COc1ccc(-c2ccoc2CNC(C)C)cc1. The van der Waals surface area contributed by atoms with E-state index in [1.165, 1.54) is 0 Å². The fourth-order valence-electron chi connectivity index (χ4n) is 1.80. The minimum atomic E-state index is 0.443. The van der Waals surface area contributed by atoms with Crippen LogP contribution in [0.15, 0.2) is 41.0 Å². The van der Waals surface area contributed by atoms with Gasteiger partial charge in [0.25, 0.3) is 0 Å². The average molecular weight is 245 g/mol. The van der Waals surface area contributed by atoms with Crippen molar-refractivity contribution in [3.05, 3.63) is 42.4 Å². The van der Waals surface area contributed by atoms with E-state index in [-0.39, 0.29) is 0 Å². The van der Waals surface area contributed by atoms with E-state index >= 15 is 0 Å². The lowest BCUT2D eigenvalue weighted by Crippen LogP contribution is -2.21. The molecule has 1 aromatic carbocycles. The lowest BCUT2D eigenvalue weighted by molar-refractivity contribution is 0.415. The van der Waals surface area contributed by atoms with Gasteiger partial charge < -0.3 is 14.5 Å².